The Bertz CT molecular complexity index is 384. The lowest BCUT2D eigenvalue weighted by Gasteiger charge is -2.15. The van der Waals surface area contributed by atoms with Crippen LogP contribution < -0.4 is 5.32 Å². The van der Waals surface area contributed by atoms with Crippen LogP contribution in [-0.2, 0) is 9.47 Å². The Morgan fingerprint density at radius 1 is 1.14 bits per heavy atom. The standard InChI is InChI=1S/C15H23Br2NO3/c1-2-3-7-20-8-9-21-11-12(19)10-18-15-13(16)5-4-6-14(15)17/h4-6,12,18-19H,2-3,7-11H2,1H3. The van der Waals surface area contributed by atoms with Crippen LogP contribution in [0.4, 0.5) is 5.69 Å². The first kappa shape index (κ1) is 18.9. The van der Waals surface area contributed by atoms with Gasteiger partial charge in [-0.2, -0.15) is 0 Å². The van der Waals surface area contributed by atoms with Crippen molar-refractivity contribution in [1.29, 1.82) is 0 Å². The second-order valence-electron chi connectivity index (χ2n) is 4.67. The predicted octanol–water partition coefficient (Wildman–Crippen LogP) is 3.82. The number of rotatable bonds is 11. The van der Waals surface area contributed by atoms with Crippen LogP contribution >= 0.6 is 31.9 Å². The molecular formula is C15H23Br2NO3. The molecule has 0 aliphatic rings. The molecule has 0 bridgehead atoms. The SMILES string of the molecule is CCCCOCCOCC(O)CNc1c(Br)cccc1Br. The summed E-state index contributed by atoms with van der Waals surface area (Å²) >= 11 is 6.94. The van der Waals surface area contributed by atoms with E-state index in [4.69, 9.17) is 9.47 Å². The Balaban J connectivity index is 2.12. The van der Waals surface area contributed by atoms with Gasteiger partial charge in [-0.15, -0.1) is 0 Å². The molecule has 1 aromatic carbocycles. The highest BCUT2D eigenvalue weighted by atomic mass is 79.9. The molecule has 0 fully saturated rings. The van der Waals surface area contributed by atoms with Crippen LogP contribution in [0.25, 0.3) is 0 Å². The number of hydrogen-bond donors (Lipinski definition) is 2. The number of unbranched alkanes of at least 4 members (excludes halogenated alkanes) is 1. The zero-order chi connectivity index (χ0) is 15.5. The zero-order valence-corrected chi connectivity index (χ0v) is 15.5. The molecule has 0 radical (unpaired) electrons. The van der Waals surface area contributed by atoms with Crippen molar-refractivity contribution in [3.05, 3.63) is 27.1 Å². The molecule has 0 aromatic heterocycles. The highest BCUT2D eigenvalue weighted by Crippen LogP contribution is 2.30. The fourth-order valence-corrected chi connectivity index (χ4v) is 2.91. The van der Waals surface area contributed by atoms with Gasteiger partial charge in [0.25, 0.3) is 0 Å². The van der Waals surface area contributed by atoms with Gasteiger partial charge in [-0.25, -0.2) is 0 Å². The minimum absolute atomic E-state index is 0.298. The smallest absolute Gasteiger partial charge is 0.0945 e. The van der Waals surface area contributed by atoms with Crippen LogP contribution in [-0.4, -0.2) is 44.2 Å². The van der Waals surface area contributed by atoms with E-state index < -0.39 is 6.10 Å². The van der Waals surface area contributed by atoms with Crippen LogP contribution in [0.2, 0.25) is 0 Å². The summed E-state index contributed by atoms with van der Waals surface area (Å²) in [6.07, 6.45) is 1.66. The maximum atomic E-state index is 9.87. The highest BCUT2D eigenvalue weighted by Gasteiger charge is 2.08. The lowest BCUT2D eigenvalue weighted by Crippen LogP contribution is -2.26. The monoisotopic (exact) mass is 423 g/mol. The molecule has 1 rings (SSSR count). The quantitative estimate of drug-likeness (QED) is 0.530. The van der Waals surface area contributed by atoms with Crippen molar-refractivity contribution >= 4 is 37.5 Å². The number of halogens is 2. The first-order valence-electron chi connectivity index (χ1n) is 7.16. The summed E-state index contributed by atoms with van der Waals surface area (Å²) in [7, 11) is 0. The second-order valence-corrected chi connectivity index (χ2v) is 6.38. The van der Waals surface area contributed by atoms with Gasteiger partial charge in [-0.05, 0) is 50.4 Å². The number of aliphatic hydroxyl groups is 1. The third-order valence-electron chi connectivity index (χ3n) is 2.80. The highest BCUT2D eigenvalue weighted by molar-refractivity contribution is 9.11. The topological polar surface area (TPSA) is 50.7 Å². The molecule has 0 saturated carbocycles. The summed E-state index contributed by atoms with van der Waals surface area (Å²) in [5, 5.41) is 13.1. The van der Waals surface area contributed by atoms with Crippen molar-refractivity contribution < 1.29 is 14.6 Å². The molecule has 120 valence electrons. The molecule has 6 heteroatoms. The first-order chi connectivity index (χ1) is 10.1. The van der Waals surface area contributed by atoms with Crippen molar-refractivity contribution in [1.82, 2.24) is 0 Å². The summed E-state index contributed by atoms with van der Waals surface area (Å²) in [6.45, 7) is 4.73. The summed E-state index contributed by atoms with van der Waals surface area (Å²) in [5.41, 5.74) is 0.930. The molecule has 0 aliphatic carbocycles. The molecule has 1 aromatic rings. The lowest BCUT2D eigenvalue weighted by molar-refractivity contribution is 0.00749. The van der Waals surface area contributed by atoms with Gasteiger partial charge in [0.2, 0.25) is 0 Å². The Morgan fingerprint density at radius 3 is 2.48 bits per heavy atom. The molecule has 2 N–H and O–H groups in total. The van der Waals surface area contributed by atoms with Gasteiger partial charge in [0.1, 0.15) is 0 Å². The summed E-state index contributed by atoms with van der Waals surface area (Å²) in [6, 6.07) is 5.84. The number of benzene rings is 1. The van der Waals surface area contributed by atoms with Gasteiger partial charge in [-0.3, -0.25) is 0 Å². The van der Waals surface area contributed by atoms with Crippen LogP contribution in [0.5, 0.6) is 0 Å². The van der Waals surface area contributed by atoms with Crippen LogP contribution in [0.3, 0.4) is 0 Å². The van der Waals surface area contributed by atoms with Crippen molar-refractivity contribution in [3.8, 4) is 0 Å². The van der Waals surface area contributed by atoms with E-state index in [0.29, 0.717) is 26.4 Å². The average molecular weight is 425 g/mol. The molecule has 21 heavy (non-hydrogen) atoms. The molecule has 0 saturated heterocycles. The van der Waals surface area contributed by atoms with Gasteiger partial charge in [0.05, 0.1) is 31.6 Å². The average Bonchev–Trinajstić information content (AvgIpc) is 2.46. The molecule has 0 aliphatic heterocycles. The van der Waals surface area contributed by atoms with E-state index in [1.165, 1.54) is 0 Å². The van der Waals surface area contributed by atoms with E-state index in [1.807, 2.05) is 18.2 Å². The normalized spacial score (nSPS) is 12.4. The van der Waals surface area contributed by atoms with Gasteiger partial charge in [0.15, 0.2) is 0 Å². The number of ether oxygens (including phenoxy) is 2. The number of anilines is 1. The van der Waals surface area contributed by atoms with Gasteiger partial charge in [-0.1, -0.05) is 19.4 Å². The molecule has 1 atom stereocenters. The van der Waals surface area contributed by atoms with E-state index >= 15 is 0 Å². The van der Waals surface area contributed by atoms with Crippen LogP contribution in [0.15, 0.2) is 27.1 Å². The maximum absolute atomic E-state index is 9.87. The largest absolute Gasteiger partial charge is 0.389 e. The van der Waals surface area contributed by atoms with E-state index in [-0.39, 0.29) is 0 Å². The van der Waals surface area contributed by atoms with Crippen molar-refractivity contribution in [2.45, 2.75) is 25.9 Å². The summed E-state index contributed by atoms with van der Waals surface area (Å²) in [5.74, 6) is 0. The van der Waals surface area contributed by atoms with E-state index in [2.05, 4.69) is 44.1 Å². The minimum atomic E-state index is -0.556. The molecule has 1 unspecified atom stereocenters. The summed E-state index contributed by atoms with van der Waals surface area (Å²) in [4.78, 5) is 0. The first-order valence-corrected chi connectivity index (χ1v) is 8.75. The molecule has 0 heterocycles. The van der Waals surface area contributed by atoms with Gasteiger partial charge in [0, 0.05) is 22.1 Å². The lowest BCUT2D eigenvalue weighted by atomic mass is 10.3. The fraction of sp³-hybridized carbons (Fsp3) is 0.600. The van der Waals surface area contributed by atoms with E-state index in [1.54, 1.807) is 0 Å². The molecular weight excluding hydrogens is 402 g/mol. The van der Waals surface area contributed by atoms with Crippen LogP contribution in [0.1, 0.15) is 19.8 Å². The van der Waals surface area contributed by atoms with Gasteiger partial charge >= 0.3 is 0 Å². The Morgan fingerprint density at radius 2 is 1.81 bits per heavy atom. The molecule has 0 spiro atoms. The molecule has 0 amide bonds. The minimum Gasteiger partial charge on any atom is -0.389 e. The zero-order valence-electron chi connectivity index (χ0n) is 12.3. The second kappa shape index (κ2) is 11.4. The number of aliphatic hydroxyl groups excluding tert-OH is 1. The number of hydrogen-bond acceptors (Lipinski definition) is 4. The van der Waals surface area contributed by atoms with E-state index in [0.717, 1.165) is 34.1 Å². The third kappa shape index (κ3) is 8.16. The fourth-order valence-electron chi connectivity index (χ4n) is 1.63. The Hall–Kier alpha value is -0.140. The maximum Gasteiger partial charge on any atom is 0.0945 e. The van der Waals surface area contributed by atoms with E-state index in [9.17, 15) is 5.11 Å². The molecule has 4 nitrogen and oxygen atoms in total. The predicted molar refractivity (Wildman–Crippen MR) is 92.9 cm³/mol. The number of nitrogens with one attached hydrogen (secondary N) is 1. The van der Waals surface area contributed by atoms with Crippen LogP contribution in [0, 0.1) is 0 Å². The van der Waals surface area contributed by atoms with Crippen molar-refractivity contribution in [2.75, 3.05) is 38.3 Å². The third-order valence-corrected chi connectivity index (χ3v) is 4.12. The van der Waals surface area contributed by atoms with Gasteiger partial charge < -0.3 is 19.9 Å². The Kier molecular flexibility index (Phi) is 10.3. The number of para-hydroxylation sites is 1. The van der Waals surface area contributed by atoms with Crippen molar-refractivity contribution in [3.63, 3.8) is 0 Å². The Labute approximate surface area is 143 Å². The van der Waals surface area contributed by atoms with Crippen molar-refractivity contribution in [2.24, 2.45) is 0 Å². The summed E-state index contributed by atoms with van der Waals surface area (Å²) < 4.78 is 12.7.